The van der Waals surface area contributed by atoms with Crippen LogP contribution in [-0.4, -0.2) is 18.3 Å². The van der Waals surface area contributed by atoms with Gasteiger partial charge in [-0.2, -0.15) is 39.5 Å². The standard InChI is InChI=1S/C17H7ClF11NO/c18-10-6-7(14(20,16(24,25)26)17(27,28)29)5-9(15(21,22)23)12(10)30-13(31)8-3-1-2-4-11(8)19/h1-6H,(H,30,31). The molecule has 2 rings (SSSR count). The maximum atomic E-state index is 14.2. The highest BCUT2D eigenvalue weighted by Gasteiger charge is 2.73. The Kier molecular flexibility index (Phi) is 6.25. The van der Waals surface area contributed by atoms with Gasteiger partial charge >= 0.3 is 24.2 Å². The highest BCUT2D eigenvalue weighted by atomic mass is 35.5. The van der Waals surface area contributed by atoms with Gasteiger partial charge in [0.05, 0.1) is 21.8 Å². The lowest BCUT2D eigenvalue weighted by Crippen LogP contribution is -2.50. The van der Waals surface area contributed by atoms with Gasteiger partial charge in [0.1, 0.15) is 5.82 Å². The van der Waals surface area contributed by atoms with Crippen LogP contribution in [0, 0.1) is 5.82 Å². The largest absolute Gasteiger partial charge is 0.435 e. The zero-order valence-electron chi connectivity index (χ0n) is 14.4. The van der Waals surface area contributed by atoms with Crippen molar-refractivity contribution in [3.8, 4) is 0 Å². The molecule has 0 aliphatic carbocycles. The Morgan fingerprint density at radius 1 is 0.839 bits per heavy atom. The predicted octanol–water partition coefficient (Wildman–Crippen LogP) is 7.04. The molecular formula is C17H7ClF11NO. The smallest absolute Gasteiger partial charge is 0.320 e. The molecule has 170 valence electrons. The molecule has 0 fully saturated rings. The third-order valence-corrected chi connectivity index (χ3v) is 4.23. The van der Waals surface area contributed by atoms with Gasteiger partial charge in [-0.05, 0) is 24.3 Å². The van der Waals surface area contributed by atoms with E-state index in [1.165, 1.54) is 5.32 Å². The number of benzene rings is 2. The fourth-order valence-electron chi connectivity index (χ4n) is 2.47. The van der Waals surface area contributed by atoms with Crippen LogP contribution >= 0.6 is 11.6 Å². The average Bonchev–Trinajstić information content (AvgIpc) is 2.59. The van der Waals surface area contributed by atoms with Crippen LogP contribution in [0.4, 0.5) is 54.0 Å². The van der Waals surface area contributed by atoms with E-state index in [1.807, 2.05) is 0 Å². The number of halogens is 12. The topological polar surface area (TPSA) is 29.1 Å². The second-order valence-electron chi connectivity index (χ2n) is 5.97. The Hall–Kier alpha value is -2.57. The summed E-state index contributed by atoms with van der Waals surface area (Å²) in [7, 11) is 0. The van der Waals surface area contributed by atoms with Gasteiger partial charge in [-0.15, -0.1) is 0 Å². The summed E-state index contributed by atoms with van der Waals surface area (Å²) in [5, 5.41) is -0.0125. The van der Waals surface area contributed by atoms with Crippen LogP contribution in [0.1, 0.15) is 21.5 Å². The van der Waals surface area contributed by atoms with Gasteiger partial charge in [0.2, 0.25) is 0 Å². The highest BCUT2D eigenvalue weighted by molar-refractivity contribution is 6.34. The molecule has 0 bridgehead atoms. The first kappa shape index (κ1) is 24.7. The van der Waals surface area contributed by atoms with E-state index in [9.17, 15) is 53.1 Å². The van der Waals surface area contributed by atoms with E-state index in [4.69, 9.17) is 11.6 Å². The first-order valence-electron chi connectivity index (χ1n) is 7.70. The lowest BCUT2D eigenvalue weighted by Gasteiger charge is -2.31. The van der Waals surface area contributed by atoms with Crippen LogP contribution < -0.4 is 5.32 Å². The third-order valence-electron chi connectivity index (χ3n) is 3.93. The minimum Gasteiger partial charge on any atom is -0.320 e. The van der Waals surface area contributed by atoms with E-state index >= 15 is 0 Å². The minimum absolute atomic E-state index is 0.352. The second-order valence-corrected chi connectivity index (χ2v) is 6.37. The molecule has 2 nitrogen and oxygen atoms in total. The van der Waals surface area contributed by atoms with Gasteiger partial charge in [-0.3, -0.25) is 4.79 Å². The summed E-state index contributed by atoms with van der Waals surface area (Å²) in [5.41, 5.74) is -13.3. The molecule has 0 spiro atoms. The van der Waals surface area contributed by atoms with Crippen LogP contribution in [0.5, 0.6) is 0 Å². The molecule has 0 atom stereocenters. The summed E-state index contributed by atoms with van der Waals surface area (Å²) < 4.78 is 145. The molecule has 0 saturated carbocycles. The molecule has 2 aromatic carbocycles. The number of hydrogen-bond donors (Lipinski definition) is 1. The van der Waals surface area contributed by atoms with Crippen LogP contribution in [0.2, 0.25) is 5.02 Å². The third kappa shape index (κ3) is 4.55. The first-order valence-corrected chi connectivity index (χ1v) is 8.08. The number of alkyl halides is 10. The van der Waals surface area contributed by atoms with Crippen molar-refractivity contribution < 1.29 is 53.1 Å². The molecule has 1 N–H and O–H groups in total. The maximum absolute atomic E-state index is 14.2. The maximum Gasteiger partial charge on any atom is 0.435 e. The number of anilines is 1. The van der Waals surface area contributed by atoms with Crippen molar-refractivity contribution in [2.24, 2.45) is 0 Å². The van der Waals surface area contributed by atoms with Crippen LogP contribution in [-0.2, 0) is 11.8 Å². The van der Waals surface area contributed by atoms with E-state index in [-0.39, 0.29) is 6.07 Å². The van der Waals surface area contributed by atoms with Crippen LogP contribution in [0.15, 0.2) is 36.4 Å². The van der Waals surface area contributed by atoms with Gasteiger partial charge in [0.15, 0.2) is 0 Å². The van der Waals surface area contributed by atoms with Gasteiger partial charge < -0.3 is 5.32 Å². The van der Waals surface area contributed by atoms with Gasteiger partial charge in [0, 0.05) is 5.56 Å². The fourth-order valence-corrected chi connectivity index (χ4v) is 2.74. The summed E-state index contributed by atoms with van der Waals surface area (Å²) in [5.74, 6) is -2.74. The van der Waals surface area contributed by atoms with Crippen molar-refractivity contribution in [3.63, 3.8) is 0 Å². The summed E-state index contributed by atoms with van der Waals surface area (Å²) in [4.78, 5) is 12.1. The van der Waals surface area contributed by atoms with E-state index in [0.29, 0.717) is 0 Å². The number of nitrogens with one attached hydrogen (secondary N) is 1. The summed E-state index contributed by atoms with van der Waals surface area (Å²) in [6, 6.07) is 2.72. The number of carbonyl (C=O) groups excluding carboxylic acids is 1. The van der Waals surface area contributed by atoms with Crippen molar-refractivity contribution in [2.45, 2.75) is 24.2 Å². The molecule has 31 heavy (non-hydrogen) atoms. The van der Waals surface area contributed by atoms with E-state index < -0.39 is 69.4 Å². The second kappa shape index (κ2) is 7.84. The average molecular weight is 486 g/mol. The monoisotopic (exact) mass is 485 g/mol. The van der Waals surface area contributed by atoms with Crippen molar-refractivity contribution in [1.82, 2.24) is 0 Å². The highest BCUT2D eigenvalue weighted by Crippen LogP contribution is 2.55. The Morgan fingerprint density at radius 3 is 1.81 bits per heavy atom. The quantitative estimate of drug-likeness (QED) is 0.464. The van der Waals surface area contributed by atoms with Gasteiger partial charge in [-0.1, -0.05) is 23.7 Å². The van der Waals surface area contributed by atoms with E-state index in [2.05, 4.69) is 0 Å². The summed E-state index contributed by atoms with van der Waals surface area (Å²) in [6.07, 6.45) is -19.1. The van der Waals surface area contributed by atoms with Crippen LogP contribution in [0.3, 0.4) is 0 Å². The SMILES string of the molecule is O=C(Nc1c(Cl)cc(C(F)(C(F)(F)F)C(F)(F)F)cc1C(F)(F)F)c1ccccc1F. The Bertz CT molecular complexity index is 981. The summed E-state index contributed by atoms with van der Waals surface area (Å²) in [6.45, 7) is 0. The summed E-state index contributed by atoms with van der Waals surface area (Å²) >= 11 is 5.41. The van der Waals surface area contributed by atoms with Gasteiger partial charge in [0.25, 0.3) is 5.91 Å². The van der Waals surface area contributed by atoms with Gasteiger partial charge in [-0.25, -0.2) is 8.78 Å². The van der Waals surface area contributed by atoms with Crippen molar-refractivity contribution in [1.29, 1.82) is 0 Å². The van der Waals surface area contributed by atoms with E-state index in [0.717, 1.165) is 24.3 Å². The Labute approximate surface area is 170 Å². The molecule has 1 amide bonds. The van der Waals surface area contributed by atoms with Crippen molar-refractivity contribution >= 4 is 23.2 Å². The predicted molar refractivity (Wildman–Crippen MR) is 85.7 cm³/mol. The minimum atomic E-state index is -6.70. The van der Waals surface area contributed by atoms with Crippen molar-refractivity contribution in [2.75, 3.05) is 5.32 Å². The molecule has 14 heteroatoms. The van der Waals surface area contributed by atoms with E-state index in [1.54, 1.807) is 0 Å². The number of carbonyl (C=O) groups is 1. The Balaban J connectivity index is 2.72. The zero-order chi connectivity index (χ0) is 24.0. The molecule has 0 saturated heterocycles. The molecule has 0 unspecified atom stereocenters. The number of amides is 1. The molecule has 2 aromatic rings. The Morgan fingerprint density at radius 2 is 1.35 bits per heavy atom. The normalized spacial score (nSPS) is 13.3. The molecule has 0 radical (unpaired) electrons. The lowest BCUT2D eigenvalue weighted by atomic mass is 9.91. The molecule has 0 heterocycles. The molecule has 0 aliphatic heterocycles. The molecular weight excluding hydrogens is 479 g/mol. The van der Waals surface area contributed by atoms with Crippen molar-refractivity contribution in [3.05, 3.63) is 63.9 Å². The zero-order valence-corrected chi connectivity index (χ0v) is 15.2. The number of hydrogen-bond acceptors (Lipinski definition) is 1. The molecule has 0 aromatic heterocycles. The molecule has 0 aliphatic rings. The first-order chi connectivity index (χ1) is 13.9. The fraction of sp³-hybridized carbons (Fsp3) is 0.235. The van der Waals surface area contributed by atoms with Crippen LogP contribution in [0.25, 0.3) is 0 Å². The number of rotatable bonds is 3. The lowest BCUT2D eigenvalue weighted by molar-refractivity contribution is -0.348.